The van der Waals surface area contributed by atoms with E-state index in [1.165, 1.54) is 93.0 Å². The number of benzene rings is 6. The number of nitrogens with one attached hydrogen (secondary N) is 8. The first-order chi connectivity index (χ1) is 58.7. The summed E-state index contributed by atoms with van der Waals surface area (Å²) in [6, 6.07) is 39.8. The van der Waals surface area contributed by atoms with Crippen molar-refractivity contribution in [3.05, 3.63) is 190 Å². The average Bonchev–Trinajstić information content (AvgIpc) is 1.59. The number of rotatable bonds is 38. The van der Waals surface area contributed by atoms with Crippen LogP contribution in [0.1, 0.15) is 235 Å². The number of carbonyl (C=O) groups excluding carboxylic acids is 12. The van der Waals surface area contributed by atoms with E-state index in [1.807, 2.05) is 87.5 Å². The molecule has 0 saturated carbocycles. The van der Waals surface area contributed by atoms with Gasteiger partial charge in [-0.05, 0) is 156 Å². The van der Waals surface area contributed by atoms with E-state index in [9.17, 15) is 62.3 Å². The van der Waals surface area contributed by atoms with Crippen molar-refractivity contribution in [2.45, 2.75) is 193 Å². The van der Waals surface area contributed by atoms with Gasteiger partial charge in [-0.3, -0.25) is 87.9 Å². The van der Waals surface area contributed by atoms with E-state index in [2.05, 4.69) is 82.8 Å². The predicted octanol–water partition coefficient (Wildman–Crippen LogP) is 13.6. The lowest BCUT2D eigenvalue weighted by molar-refractivity contribution is -0.137. The number of ether oxygens (including phenoxy) is 1. The van der Waals surface area contributed by atoms with E-state index in [4.69, 9.17) is 9.84 Å². The van der Waals surface area contributed by atoms with Crippen LogP contribution in [-0.4, -0.2) is 174 Å². The fourth-order valence-electron chi connectivity index (χ4n) is 15.4. The van der Waals surface area contributed by atoms with Gasteiger partial charge in [0.25, 0.3) is 35.4 Å². The monoisotopic (exact) mass is 1660 g/mol. The first kappa shape index (κ1) is 91.4. The lowest BCUT2D eigenvalue weighted by Gasteiger charge is -2.28. The number of imide groups is 4. The van der Waals surface area contributed by atoms with Crippen LogP contribution in [0.25, 0.3) is 21.8 Å². The van der Waals surface area contributed by atoms with Gasteiger partial charge < -0.3 is 51.5 Å². The molecule has 644 valence electrons. The highest BCUT2D eigenvalue weighted by molar-refractivity contribution is 6.27. The highest BCUT2D eigenvalue weighted by Crippen LogP contribution is 2.38. The van der Waals surface area contributed by atoms with Gasteiger partial charge in [0, 0.05) is 88.7 Å². The minimum absolute atomic E-state index is 0.000468. The first-order valence-electron chi connectivity index (χ1n) is 42.2. The second-order valence-corrected chi connectivity index (χ2v) is 32.0. The molecule has 6 aromatic carbocycles. The summed E-state index contributed by atoms with van der Waals surface area (Å²) in [6.07, 6.45) is 25.8. The SMILES string of the molecule is CN(CC(=O)O)c1cccc2c1C(=O)N(C1CCC(=O)NC1=O)C2=O.CNC(=O)c1cnc2ccc(CCCCCCCCCCCNC(=O)CN(C)c3cccc4c3C(=O)N(C3CCC(=O)NC3=O)C4=O)cc2c1Nc1ccccc1.CNC(=O)c1cnc2ccc(CCCCCCCCCCCNC(=O)OC(C)(C)C)cc2c1Nc1ccccc1. The summed E-state index contributed by atoms with van der Waals surface area (Å²) in [6.45, 7) is 6.51. The van der Waals surface area contributed by atoms with Gasteiger partial charge in [0.1, 0.15) is 24.2 Å². The number of hydrogen-bond donors (Lipinski definition) is 9. The molecule has 2 saturated heterocycles. The summed E-state index contributed by atoms with van der Waals surface area (Å²) in [5.41, 5.74) is 9.45. The topological polar surface area (TPSA) is 386 Å². The lowest BCUT2D eigenvalue weighted by atomic mass is 10.0. The molecule has 29 nitrogen and oxygen atoms in total. The number of nitrogens with zero attached hydrogens (tertiary/aromatic N) is 6. The molecule has 2 atom stereocenters. The Labute approximate surface area is 711 Å². The van der Waals surface area contributed by atoms with E-state index < -0.39 is 70.9 Å². The summed E-state index contributed by atoms with van der Waals surface area (Å²) in [5, 5.41) is 33.3. The molecule has 2 aromatic heterocycles. The molecule has 6 heterocycles. The molecule has 0 aliphatic carbocycles. The molecule has 12 rings (SSSR count). The Morgan fingerprint density at radius 1 is 0.475 bits per heavy atom. The lowest BCUT2D eigenvalue weighted by Crippen LogP contribution is -2.54. The molecule has 0 spiro atoms. The van der Waals surface area contributed by atoms with Crippen molar-refractivity contribution in [3.63, 3.8) is 0 Å². The van der Waals surface area contributed by atoms with Crippen LogP contribution in [0.3, 0.4) is 0 Å². The molecule has 2 unspecified atom stereocenters. The Bertz CT molecular complexity index is 5130. The summed E-state index contributed by atoms with van der Waals surface area (Å²) in [7, 11) is 6.45. The van der Waals surface area contributed by atoms with E-state index in [0.29, 0.717) is 35.6 Å². The minimum atomic E-state index is -1.08. The second kappa shape index (κ2) is 44.4. The van der Waals surface area contributed by atoms with Crippen molar-refractivity contribution in [2.24, 2.45) is 0 Å². The van der Waals surface area contributed by atoms with Gasteiger partial charge >= 0.3 is 12.1 Å². The maximum absolute atomic E-state index is 13.4. The molecule has 4 aliphatic rings. The van der Waals surface area contributed by atoms with Crippen LogP contribution < -0.4 is 52.3 Å². The van der Waals surface area contributed by atoms with Crippen LogP contribution >= 0.6 is 0 Å². The molecule has 12 amide bonds. The number of carboxylic acids is 1. The fraction of sp³-hybridized carbons (Fsp3) is 0.409. The zero-order valence-corrected chi connectivity index (χ0v) is 70.7. The molecule has 0 bridgehead atoms. The highest BCUT2D eigenvalue weighted by Gasteiger charge is 2.48. The van der Waals surface area contributed by atoms with Crippen molar-refractivity contribution < 1.29 is 72.2 Å². The summed E-state index contributed by atoms with van der Waals surface area (Å²) in [5.74, 6) is -6.30. The van der Waals surface area contributed by atoms with E-state index in [0.717, 1.165) is 125 Å². The third-order valence-electron chi connectivity index (χ3n) is 21.6. The molecule has 4 aliphatic heterocycles. The molecule has 122 heavy (non-hydrogen) atoms. The van der Waals surface area contributed by atoms with E-state index in [1.54, 1.807) is 62.7 Å². The largest absolute Gasteiger partial charge is 0.480 e. The van der Waals surface area contributed by atoms with Gasteiger partial charge in [-0.25, -0.2) is 4.79 Å². The number of likely N-dealkylation sites (N-methyl/N-ethyl adjacent to an activating group) is 2. The number of carbonyl (C=O) groups is 13. The van der Waals surface area contributed by atoms with Crippen molar-refractivity contribution in [2.75, 3.05) is 74.8 Å². The first-order valence-corrected chi connectivity index (χ1v) is 42.2. The standard InChI is InChI=1S/C44H51N7O6.C33H46N4O3.C16H15N3O6/c1-45-41(54)33-27-47-34-22-21-29(26-32(34)40(33)48-30-17-12-10-13-18-30)16-11-8-6-4-3-5-7-9-14-25-46-38(53)28-50(2)35-20-15-19-31-39(35)44(57)51(43(31)56)36-23-24-37(52)49-42(36)55;1-33(2,3)40-32(39)35-22-16-11-9-7-5-6-8-10-13-17-25-20-21-29-27(23-25)30(28(24-36-29)31(38)34-4)37-26-18-14-12-15-19-26;1-18(7-12(21)22)9-4-2-3-8-13(9)16(25)19(15(8)24)10-5-6-11(20)17-14(10)23/h10,12-13,15,17-22,26-27,36H,3-9,11,14,16,23-25,28H2,1-2H3,(H,45,54)(H,46,53)(H,47,48)(H,49,52,55);12,14-15,18-21,23-24H,5-11,13,16-17,22H2,1-4H3,(H,34,38)(H,35,39)(H,36,37);2-4,10H,5-7H2,1H3,(H,21,22)(H,17,20,23). The number of piperidine rings is 2. The fourth-order valence-corrected chi connectivity index (χ4v) is 15.4. The van der Waals surface area contributed by atoms with Crippen LogP contribution in [0, 0.1) is 0 Å². The van der Waals surface area contributed by atoms with Crippen molar-refractivity contribution >= 4 is 133 Å². The van der Waals surface area contributed by atoms with Crippen LogP contribution in [-0.2, 0) is 46.3 Å². The second-order valence-electron chi connectivity index (χ2n) is 32.0. The molecule has 8 aromatic rings. The maximum atomic E-state index is 13.4. The van der Waals surface area contributed by atoms with E-state index >= 15 is 0 Å². The Morgan fingerprint density at radius 2 is 0.861 bits per heavy atom. The van der Waals surface area contributed by atoms with Gasteiger partial charge in [0.05, 0.1) is 73.7 Å². The summed E-state index contributed by atoms with van der Waals surface area (Å²) < 4.78 is 5.25. The zero-order chi connectivity index (χ0) is 87.4. The minimum Gasteiger partial charge on any atom is -0.480 e. The number of amides is 12. The highest BCUT2D eigenvalue weighted by atomic mass is 16.6. The number of anilines is 6. The summed E-state index contributed by atoms with van der Waals surface area (Å²) >= 11 is 0. The van der Waals surface area contributed by atoms with Gasteiger partial charge in [0.2, 0.25) is 29.5 Å². The zero-order valence-electron chi connectivity index (χ0n) is 70.7. The smallest absolute Gasteiger partial charge is 0.407 e. The number of aryl methyl sites for hydroxylation is 2. The summed E-state index contributed by atoms with van der Waals surface area (Å²) in [4.78, 5) is 174. The number of aliphatic carboxylic acids is 1. The van der Waals surface area contributed by atoms with Gasteiger partial charge in [-0.15, -0.1) is 0 Å². The predicted molar refractivity (Wildman–Crippen MR) is 468 cm³/mol. The average molecular weight is 1670 g/mol. The van der Waals surface area contributed by atoms with Crippen LogP contribution in [0.15, 0.2) is 146 Å². The van der Waals surface area contributed by atoms with E-state index in [-0.39, 0.29) is 84.8 Å². The molecule has 0 radical (unpaired) electrons. The van der Waals surface area contributed by atoms with Crippen molar-refractivity contribution in [1.29, 1.82) is 0 Å². The quantitative estimate of drug-likeness (QED) is 0.0128. The van der Waals surface area contributed by atoms with Crippen LogP contribution in [0.2, 0.25) is 0 Å². The molecule has 9 N–H and O–H groups in total. The van der Waals surface area contributed by atoms with Crippen LogP contribution in [0.4, 0.5) is 38.9 Å². The third kappa shape index (κ3) is 24.9. The van der Waals surface area contributed by atoms with Crippen molar-refractivity contribution in [3.8, 4) is 0 Å². The Morgan fingerprint density at radius 3 is 1.25 bits per heavy atom. The molecule has 29 heteroatoms. The molecule has 2 fully saturated rings. The van der Waals surface area contributed by atoms with Gasteiger partial charge in [-0.1, -0.05) is 151 Å². The Hall–Kier alpha value is -13.0. The maximum Gasteiger partial charge on any atom is 0.407 e. The number of alkyl carbamates (subject to hydrolysis) is 1. The normalized spacial score (nSPS) is 14.8. The third-order valence-corrected chi connectivity index (χ3v) is 21.6. The number of unbranched alkanes of at least 4 members (excludes halogenated alkanes) is 16. The van der Waals surface area contributed by atoms with Crippen molar-refractivity contribution in [1.82, 2.24) is 51.7 Å². The number of para-hydroxylation sites is 2. The number of fused-ring (bicyclic) bond motifs is 4. The Balaban J connectivity index is 0.000000208. The Kier molecular flexibility index (Phi) is 33.2. The molecular formula is C93H112N14O15. The van der Waals surface area contributed by atoms with Crippen LogP contribution in [0.5, 0.6) is 0 Å². The van der Waals surface area contributed by atoms with Gasteiger partial charge in [-0.2, -0.15) is 0 Å². The van der Waals surface area contributed by atoms with Gasteiger partial charge in [0.15, 0.2) is 0 Å². The number of carboxylic acid groups (broad SMARTS) is 1. The number of aromatic nitrogens is 2. The number of hydrogen-bond acceptors (Lipinski definition) is 20. The number of pyridine rings is 2. The molecular weight excluding hydrogens is 1550 g/mol.